The number of aromatic nitrogens is 4. The Bertz CT molecular complexity index is 1490. The van der Waals surface area contributed by atoms with Crippen molar-refractivity contribution < 1.29 is 9.59 Å². The second-order valence-electron chi connectivity index (χ2n) is 9.72. The van der Waals surface area contributed by atoms with Gasteiger partial charge in [0.25, 0.3) is 5.91 Å². The third kappa shape index (κ3) is 5.10. The monoisotopic (exact) mass is 549 g/mol. The average molecular weight is 550 g/mol. The first-order valence-corrected chi connectivity index (χ1v) is 14.1. The van der Waals surface area contributed by atoms with Crippen molar-refractivity contribution in [3.8, 4) is 10.6 Å². The fourth-order valence-electron chi connectivity index (χ4n) is 5.30. The van der Waals surface area contributed by atoms with E-state index in [-0.39, 0.29) is 18.0 Å². The smallest absolute Gasteiger partial charge is 0.317 e. The zero-order valence-corrected chi connectivity index (χ0v) is 22.4. The Morgan fingerprint density at radius 1 is 1.13 bits per heavy atom. The molecule has 2 fully saturated rings. The summed E-state index contributed by atoms with van der Waals surface area (Å²) in [5.74, 6) is 0.0182. The largest absolute Gasteiger partial charge is 0.336 e. The number of halogens is 1. The number of urea groups is 1. The van der Waals surface area contributed by atoms with Crippen molar-refractivity contribution in [1.29, 1.82) is 0 Å². The molecule has 1 unspecified atom stereocenters. The molecular formula is C27H28ClN7O2S. The number of hydrogen-bond donors (Lipinski definition) is 1. The first kappa shape index (κ1) is 24.8. The van der Waals surface area contributed by atoms with Crippen LogP contribution < -0.4 is 5.32 Å². The van der Waals surface area contributed by atoms with E-state index in [1.54, 1.807) is 9.58 Å². The van der Waals surface area contributed by atoms with Crippen molar-refractivity contribution in [2.45, 2.75) is 38.3 Å². The van der Waals surface area contributed by atoms with Crippen LogP contribution in [0, 0.1) is 0 Å². The third-order valence-corrected chi connectivity index (χ3v) is 8.49. The summed E-state index contributed by atoms with van der Waals surface area (Å²) in [4.78, 5) is 35.4. The third-order valence-electron chi connectivity index (χ3n) is 7.24. The van der Waals surface area contributed by atoms with Crippen molar-refractivity contribution in [1.82, 2.24) is 35.1 Å². The molecule has 1 atom stereocenters. The maximum atomic E-state index is 14.1. The van der Waals surface area contributed by atoms with E-state index < -0.39 is 0 Å². The minimum Gasteiger partial charge on any atom is -0.336 e. The van der Waals surface area contributed by atoms with E-state index in [0.717, 1.165) is 46.4 Å². The van der Waals surface area contributed by atoms with Gasteiger partial charge in [-0.25, -0.2) is 9.78 Å². The van der Waals surface area contributed by atoms with Crippen molar-refractivity contribution in [2.75, 3.05) is 26.2 Å². The molecule has 2 saturated heterocycles. The zero-order chi connectivity index (χ0) is 26.1. The maximum absolute atomic E-state index is 14.1. The lowest BCUT2D eigenvalue weighted by atomic mass is 9.96. The first-order chi connectivity index (χ1) is 18.5. The molecule has 3 amide bonds. The zero-order valence-electron chi connectivity index (χ0n) is 20.8. The molecule has 0 bridgehead atoms. The number of thiophene rings is 1. The number of fused-ring (bicyclic) bond motifs is 1. The maximum Gasteiger partial charge on any atom is 0.317 e. The van der Waals surface area contributed by atoms with E-state index >= 15 is 0 Å². The number of nitrogens with one attached hydrogen (secondary N) is 1. The van der Waals surface area contributed by atoms with E-state index in [9.17, 15) is 9.59 Å². The summed E-state index contributed by atoms with van der Waals surface area (Å²) in [6, 6.07) is 13.5. The molecule has 6 rings (SSSR count). The molecule has 0 spiro atoms. The average Bonchev–Trinajstić information content (AvgIpc) is 3.68. The first-order valence-electron chi connectivity index (χ1n) is 12.9. The predicted molar refractivity (Wildman–Crippen MR) is 147 cm³/mol. The standard InChI is InChI=1S/C27H28ClN7O2S/c28-25-9-8-24(38-25)23-16-21(20-6-1-2-7-22(20)30-23)26(36)35-11-4-3-5-19(35)15-18-17-34(32-31-18)14-13-33-12-10-29-27(33)37/h1-2,6-9,16-17,19H,3-5,10-15H2,(H,29,37). The number of rotatable bonds is 7. The lowest BCUT2D eigenvalue weighted by Gasteiger charge is -2.35. The highest BCUT2D eigenvalue weighted by Gasteiger charge is 2.30. The molecule has 0 aliphatic carbocycles. The van der Waals surface area contributed by atoms with Crippen LogP contribution in [0.3, 0.4) is 0 Å². The van der Waals surface area contributed by atoms with Gasteiger partial charge in [-0.2, -0.15) is 0 Å². The fraction of sp³-hybridized carbons (Fsp3) is 0.370. The molecule has 2 aliphatic heterocycles. The number of carbonyl (C=O) groups excluding carboxylic acids is 2. The SMILES string of the molecule is O=C1NCCN1CCn1cc(CC2CCCCN2C(=O)c2cc(-c3ccc(Cl)s3)nc3ccccc23)nn1. The van der Waals surface area contributed by atoms with Gasteiger partial charge in [-0.05, 0) is 43.5 Å². The fourth-order valence-corrected chi connectivity index (χ4v) is 6.30. The Balaban J connectivity index is 1.23. The molecule has 1 N–H and O–H groups in total. The van der Waals surface area contributed by atoms with Gasteiger partial charge in [0.2, 0.25) is 0 Å². The molecule has 5 heterocycles. The lowest BCUT2D eigenvalue weighted by Crippen LogP contribution is -2.45. The van der Waals surface area contributed by atoms with Gasteiger partial charge in [0.15, 0.2) is 0 Å². The normalized spacial score (nSPS) is 17.8. The number of carbonyl (C=O) groups is 2. The van der Waals surface area contributed by atoms with E-state index in [4.69, 9.17) is 16.6 Å². The number of nitrogens with zero attached hydrogens (tertiary/aromatic N) is 6. The summed E-state index contributed by atoms with van der Waals surface area (Å²) >= 11 is 7.65. The van der Waals surface area contributed by atoms with Crippen LogP contribution in [0.5, 0.6) is 0 Å². The van der Waals surface area contributed by atoms with Crippen LogP contribution >= 0.6 is 22.9 Å². The Hall–Kier alpha value is -3.50. The Labute approximate surface area is 229 Å². The van der Waals surface area contributed by atoms with Gasteiger partial charge in [0, 0.05) is 50.2 Å². The van der Waals surface area contributed by atoms with Crippen LogP contribution in [0.25, 0.3) is 21.5 Å². The minimum absolute atomic E-state index is 0.0182. The topological polar surface area (TPSA) is 96.2 Å². The van der Waals surface area contributed by atoms with Crippen molar-refractivity contribution in [3.05, 3.63) is 64.3 Å². The molecule has 4 aromatic rings. The highest BCUT2D eigenvalue weighted by atomic mass is 35.5. The second kappa shape index (κ2) is 10.7. The molecule has 3 aromatic heterocycles. The molecule has 9 nitrogen and oxygen atoms in total. The number of amides is 3. The molecule has 0 saturated carbocycles. The van der Waals surface area contributed by atoms with Gasteiger partial charge in [-0.1, -0.05) is 35.0 Å². The molecule has 1 aromatic carbocycles. The Morgan fingerprint density at radius 3 is 2.84 bits per heavy atom. The van der Waals surface area contributed by atoms with Crippen LogP contribution in [0.2, 0.25) is 4.34 Å². The van der Waals surface area contributed by atoms with Crippen LogP contribution in [-0.4, -0.2) is 73.9 Å². The highest BCUT2D eigenvalue weighted by molar-refractivity contribution is 7.19. The summed E-state index contributed by atoms with van der Waals surface area (Å²) in [6.07, 6.45) is 5.55. The van der Waals surface area contributed by atoms with Gasteiger partial charge in [-0.3, -0.25) is 9.48 Å². The van der Waals surface area contributed by atoms with Crippen molar-refractivity contribution >= 4 is 45.8 Å². The molecular weight excluding hydrogens is 522 g/mol. The minimum atomic E-state index is -0.0318. The van der Waals surface area contributed by atoms with Crippen LogP contribution in [-0.2, 0) is 13.0 Å². The van der Waals surface area contributed by atoms with Crippen LogP contribution in [0.15, 0.2) is 48.7 Å². The van der Waals surface area contributed by atoms with Crippen LogP contribution in [0.4, 0.5) is 4.79 Å². The van der Waals surface area contributed by atoms with Crippen molar-refractivity contribution in [3.63, 3.8) is 0 Å². The van der Waals surface area contributed by atoms with Gasteiger partial charge in [0.05, 0.1) is 38.2 Å². The lowest BCUT2D eigenvalue weighted by molar-refractivity contribution is 0.0614. The Kier molecular flexibility index (Phi) is 6.99. The number of benzene rings is 1. The summed E-state index contributed by atoms with van der Waals surface area (Å²) in [7, 11) is 0. The second-order valence-corrected chi connectivity index (χ2v) is 11.4. The number of pyridine rings is 1. The van der Waals surface area contributed by atoms with E-state index in [0.29, 0.717) is 49.0 Å². The predicted octanol–water partition coefficient (Wildman–Crippen LogP) is 4.47. The number of piperidine rings is 1. The van der Waals surface area contributed by atoms with Gasteiger partial charge >= 0.3 is 6.03 Å². The summed E-state index contributed by atoms with van der Waals surface area (Å²) in [5.41, 5.74) is 3.07. The highest BCUT2D eigenvalue weighted by Crippen LogP contribution is 2.33. The van der Waals surface area contributed by atoms with Gasteiger partial charge in [0.1, 0.15) is 0 Å². The molecule has 196 valence electrons. The number of para-hydroxylation sites is 1. The molecule has 2 aliphatic rings. The van der Waals surface area contributed by atoms with Crippen LogP contribution in [0.1, 0.15) is 35.3 Å². The van der Waals surface area contributed by atoms with Crippen molar-refractivity contribution in [2.24, 2.45) is 0 Å². The summed E-state index contributed by atoms with van der Waals surface area (Å²) in [6.45, 7) is 3.28. The van der Waals surface area contributed by atoms with E-state index in [1.807, 2.05) is 53.6 Å². The summed E-state index contributed by atoms with van der Waals surface area (Å²) in [5, 5.41) is 12.3. The van der Waals surface area contributed by atoms with E-state index in [2.05, 4.69) is 15.6 Å². The molecule has 11 heteroatoms. The van der Waals surface area contributed by atoms with Gasteiger partial charge in [-0.15, -0.1) is 16.4 Å². The quantitative estimate of drug-likeness (QED) is 0.367. The molecule has 0 radical (unpaired) electrons. The number of likely N-dealkylation sites (tertiary alicyclic amines) is 1. The van der Waals surface area contributed by atoms with Gasteiger partial charge < -0.3 is 15.1 Å². The molecule has 38 heavy (non-hydrogen) atoms. The van der Waals surface area contributed by atoms with E-state index in [1.165, 1.54) is 11.3 Å². The Morgan fingerprint density at radius 2 is 2.03 bits per heavy atom. The number of hydrogen-bond acceptors (Lipinski definition) is 6. The summed E-state index contributed by atoms with van der Waals surface area (Å²) < 4.78 is 2.47.